The molecule has 0 atom stereocenters. The van der Waals surface area contributed by atoms with Crippen LogP contribution in [-0.4, -0.2) is 36.0 Å². The highest BCUT2D eigenvalue weighted by Gasteiger charge is 2.11. The fourth-order valence-corrected chi connectivity index (χ4v) is 3.33. The van der Waals surface area contributed by atoms with Gasteiger partial charge in [-0.2, -0.15) is 0 Å². The Morgan fingerprint density at radius 1 is 1.04 bits per heavy atom. The van der Waals surface area contributed by atoms with Gasteiger partial charge in [0.15, 0.2) is 0 Å². The van der Waals surface area contributed by atoms with Crippen molar-refractivity contribution in [3.8, 4) is 0 Å². The molecule has 5 heteroatoms. The number of fused-ring (bicyclic) bond motifs is 1. The third kappa shape index (κ3) is 4.89. The van der Waals surface area contributed by atoms with Crippen molar-refractivity contribution >= 4 is 22.5 Å². The zero-order chi connectivity index (χ0) is 19.4. The van der Waals surface area contributed by atoms with E-state index in [0.717, 1.165) is 30.8 Å². The number of nitrogens with two attached hydrogens (primary N) is 2. The van der Waals surface area contributed by atoms with E-state index in [9.17, 15) is 4.79 Å². The van der Waals surface area contributed by atoms with Crippen molar-refractivity contribution in [1.29, 1.82) is 0 Å². The fraction of sp³-hybridized carbons (Fsp3) is 0.318. The Morgan fingerprint density at radius 3 is 2.41 bits per heavy atom. The van der Waals surface area contributed by atoms with Gasteiger partial charge < -0.3 is 20.9 Å². The summed E-state index contributed by atoms with van der Waals surface area (Å²) in [5.41, 5.74) is 16.8. The maximum atomic E-state index is 11.1. The Kier molecular flexibility index (Phi) is 5.81. The molecule has 0 aliphatic rings. The number of hydrogen-bond acceptors (Lipinski definition) is 3. The topological polar surface area (TPSA) is 77.3 Å². The third-order valence-corrected chi connectivity index (χ3v) is 4.85. The first kappa shape index (κ1) is 19.0. The van der Waals surface area contributed by atoms with Gasteiger partial charge in [0.25, 0.3) is 0 Å². The van der Waals surface area contributed by atoms with Crippen LogP contribution in [0.2, 0.25) is 0 Å². The quantitative estimate of drug-likeness (QED) is 0.603. The second-order valence-electron chi connectivity index (χ2n) is 7.39. The zero-order valence-electron chi connectivity index (χ0n) is 16.1. The van der Waals surface area contributed by atoms with Crippen LogP contribution < -0.4 is 11.5 Å². The van der Waals surface area contributed by atoms with Crippen LogP contribution in [0.3, 0.4) is 0 Å². The van der Waals surface area contributed by atoms with Gasteiger partial charge in [-0.1, -0.05) is 18.2 Å². The molecule has 0 fully saturated rings. The molecule has 1 amide bonds. The minimum absolute atomic E-state index is 0.260. The van der Waals surface area contributed by atoms with E-state index >= 15 is 0 Å². The summed E-state index contributed by atoms with van der Waals surface area (Å²) >= 11 is 0. The van der Waals surface area contributed by atoms with Crippen molar-refractivity contribution in [2.24, 2.45) is 5.73 Å². The Labute approximate surface area is 160 Å². The van der Waals surface area contributed by atoms with E-state index in [2.05, 4.69) is 60.1 Å². The maximum Gasteiger partial charge on any atom is 0.217 e. The average molecular weight is 364 g/mol. The number of likely N-dealkylation sites (N-methyl/N-ethyl adjacent to an activating group) is 1. The Balaban J connectivity index is 1.94. The van der Waals surface area contributed by atoms with Gasteiger partial charge in [0.1, 0.15) is 0 Å². The monoisotopic (exact) mass is 364 g/mol. The molecule has 0 aliphatic carbocycles. The maximum absolute atomic E-state index is 11.1. The summed E-state index contributed by atoms with van der Waals surface area (Å²) in [4.78, 5) is 13.3. The molecule has 1 aromatic heterocycles. The summed E-state index contributed by atoms with van der Waals surface area (Å²) < 4.78 is 2.30. The van der Waals surface area contributed by atoms with Gasteiger partial charge in [-0.05, 0) is 67.9 Å². The molecule has 5 nitrogen and oxygen atoms in total. The third-order valence-electron chi connectivity index (χ3n) is 4.85. The first-order valence-electron chi connectivity index (χ1n) is 9.30. The van der Waals surface area contributed by atoms with Gasteiger partial charge in [-0.15, -0.1) is 0 Å². The van der Waals surface area contributed by atoms with E-state index in [4.69, 9.17) is 11.5 Å². The number of aryl methyl sites for hydroxylation is 1. The van der Waals surface area contributed by atoms with Crippen molar-refractivity contribution in [3.63, 3.8) is 0 Å². The van der Waals surface area contributed by atoms with Crippen molar-refractivity contribution in [3.05, 3.63) is 65.4 Å². The summed E-state index contributed by atoms with van der Waals surface area (Å²) in [5, 5.41) is 1.26. The molecular formula is C22H28N4O. The Bertz CT molecular complexity index is 925. The summed E-state index contributed by atoms with van der Waals surface area (Å²) in [7, 11) is 4.18. The minimum atomic E-state index is -0.260. The standard InChI is InChI=1S/C22H28N4O/c1-25(2)12-11-18-15-26(14-17-3-7-19(23)8-4-17)21-9-5-16(13-20(18)21)6-10-22(24)27/h3-5,7-9,13,15H,6,10-12,14,23H2,1-2H3,(H2,24,27). The van der Waals surface area contributed by atoms with Gasteiger partial charge in [0, 0.05) is 42.3 Å². The lowest BCUT2D eigenvalue weighted by Gasteiger charge is -2.08. The number of nitrogens with zero attached hydrogens (tertiary/aromatic N) is 2. The zero-order valence-corrected chi connectivity index (χ0v) is 16.1. The molecule has 0 aliphatic heterocycles. The van der Waals surface area contributed by atoms with Crippen LogP contribution in [0.5, 0.6) is 0 Å². The van der Waals surface area contributed by atoms with Gasteiger partial charge in [0.05, 0.1) is 0 Å². The average Bonchev–Trinajstić information content (AvgIpc) is 2.97. The molecule has 3 rings (SSSR count). The van der Waals surface area contributed by atoms with E-state index in [1.165, 1.54) is 22.0 Å². The second-order valence-corrected chi connectivity index (χ2v) is 7.39. The Morgan fingerprint density at radius 2 is 1.74 bits per heavy atom. The molecule has 142 valence electrons. The summed E-state index contributed by atoms with van der Waals surface area (Å²) in [6.45, 7) is 1.80. The van der Waals surface area contributed by atoms with Crippen LogP contribution >= 0.6 is 0 Å². The molecule has 0 saturated heterocycles. The minimum Gasteiger partial charge on any atom is -0.399 e. The molecule has 0 saturated carbocycles. The first-order chi connectivity index (χ1) is 12.9. The Hall–Kier alpha value is -2.79. The van der Waals surface area contributed by atoms with Crippen molar-refractivity contribution in [2.75, 3.05) is 26.4 Å². The van der Waals surface area contributed by atoms with Gasteiger partial charge >= 0.3 is 0 Å². The number of anilines is 1. The molecular weight excluding hydrogens is 336 g/mol. The number of carbonyl (C=O) groups is 1. The van der Waals surface area contributed by atoms with Crippen LogP contribution in [0, 0.1) is 0 Å². The number of hydrogen-bond donors (Lipinski definition) is 2. The molecule has 4 N–H and O–H groups in total. The van der Waals surface area contributed by atoms with E-state index < -0.39 is 0 Å². The van der Waals surface area contributed by atoms with Gasteiger partial charge in [0.2, 0.25) is 5.91 Å². The number of aromatic nitrogens is 1. The smallest absolute Gasteiger partial charge is 0.217 e. The first-order valence-corrected chi connectivity index (χ1v) is 9.30. The van der Waals surface area contributed by atoms with E-state index in [0.29, 0.717) is 12.8 Å². The molecule has 3 aromatic rings. The largest absolute Gasteiger partial charge is 0.399 e. The molecule has 2 aromatic carbocycles. The molecule has 27 heavy (non-hydrogen) atoms. The van der Waals surface area contributed by atoms with Crippen molar-refractivity contribution in [2.45, 2.75) is 25.8 Å². The number of amides is 1. The van der Waals surface area contributed by atoms with E-state index in [1.807, 2.05) is 12.1 Å². The van der Waals surface area contributed by atoms with Gasteiger partial charge in [-0.3, -0.25) is 4.79 Å². The highest BCUT2D eigenvalue weighted by Crippen LogP contribution is 2.25. The van der Waals surface area contributed by atoms with Crippen LogP contribution in [0.25, 0.3) is 10.9 Å². The lowest BCUT2D eigenvalue weighted by molar-refractivity contribution is -0.117. The molecule has 0 unspecified atom stereocenters. The molecule has 0 bridgehead atoms. The number of carbonyl (C=O) groups excluding carboxylic acids is 1. The van der Waals surface area contributed by atoms with Crippen LogP contribution in [0.15, 0.2) is 48.7 Å². The fourth-order valence-electron chi connectivity index (χ4n) is 3.33. The van der Waals surface area contributed by atoms with Crippen molar-refractivity contribution < 1.29 is 4.79 Å². The summed E-state index contributed by atoms with van der Waals surface area (Å²) in [6, 6.07) is 14.5. The predicted octanol–water partition coefficient (Wildman–Crippen LogP) is 2.79. The number of benzene rings is 2. The normalized spacial score (nSPS) is 11.4. The van der Waals surface area contributed by atoms with Crippen LogP contribution in [-0.2, 0) is 24.2 Å². The summed E-state index contributed by atoms with van der Waals surface area (Å²) in [6.07, 6.45) is 4.30. The number of rotatable bonds is 8. The molecule has 0 spiro atoms. The van der Waals surface area contributed by atoms with Crippen molar-refractivity contribution in [1.82, 2.24) is 9.47 Å². The van der Waals surface area contributed by atoms with Crippen LogP contribution in [0.4, 0.5) is 5.69 Å². The highest BCUT2D eigenvalue weighted by molar-refractivity contribution is 5.85. The number of nitrogen functional groups attached to an aromatic ring is 1. The lowest BCUT2D eigenvalue weighted by Crippen LogP contribution is -2.14. The molecule has 1 heterocycles. The van der Waals surface area contributed by atoms with Crippen LogP contribution in [0.1, 0.15) is 23.1 Å². The van der Waals surface area contributed by atoms with Gasteiger partial charge in [-0.25, -0.2) is 0 Å². The van der Waals surface area contributed by atoms with E-state index in [1.54, 1.807) is 0 Å². The predicted molar refractivity (Wildman–Crippen MR) is 112 cm³/mol. The SMILES string of the molecule is CN(C)CCc1cn(Cc2ccc(N)cc2)c2ccc(CCC(N)=O)cc12. The van der Waals surface area contributed by atoms with E-state index in [-0.39, 0.29) is 5.91 Å². The lowest BCUT2D eigenvalue weighted by atomic mass is 10.0. The highest BCUT2D eigenvalue weighted by atomic mass is 16.1. The summed E-state index contributed by atoms with van der Waals surface area (Å²) in [5.74, 6) is -0.260. The second kappa shape index (κ2) is 8.27. The molecule has 0 radical (unpaired) electrons. The number of primary amides is 1.